The number of halogens is 1. The van der Waals surface area contributed by atoms with Crippen molar-refractivity contribution in [3.05, 3.63) is 64.6 Å². The molecule has 0 radical (unpaired) electrons. The van der Waals surface area contributed by atoms with Crippen LogP contribution in [-0.4, -0.2) is 32.0 Å². The molecule has 0 spiro atoms. The van der Waals surface area contributed by atoms with Crippen molar-refractivity contribution in [1.29, 1.82) is 0 Å². The maximum Gasteiger partial charge on any atom is 0.165 e. The van der Waals surface area contributed by atoms with Gasteiger partial charge in [0.05, 0.1) is 10.8 Å². The number of aromatic nitrogens is 3. The number of fused-ring (bicyclic) bond motifs is 1. The number of hydrogen-bond acceptors (Lipinski definition) is 5. The van der Waals surface area contributed by atoms with Crippen LogP contribution in [0.15, 0.2) is 47.7 Å². The second-order valence-corrected chi connectivity index (χ2v) is 8.88. The molecular weight excluding hydrogens is 398 g/mol. The van der Waals surface area contributed by atoms with E-state index in [9.17, 15) is 0 Å². The van der Waals surface area contributed by atoms with Crippen LogP contribution in [-0.2, 0) is 10.8 Å². The van der Waals surface area contributed by atoms with Crippen LogP contribution in [0.1, 0.15) is 57.0 Å². The summed E-state index contributed by atoms with van der Waals surface area (Å²) in [7, 11) is 0. The van der Waals surface area contributed by atoms with Gasteiger partial charge >= 0.3 is 0 Å². The predicted octanol–water partition coefficient (Wildman–Crippen LogP) is 3.60. The maximum absolute atomic E-state index is 6.16. The van der Waals surface area contributed by atoms with Gasteiger partial charge in [0, 0.05) is 23.3 Å². The summed E-state index contributed by atoms with van der Waals surface area (Å²) in [4.78, 5) is 0. The smallest absolute Gasteiger partial charge is 0.165 e. The zero-order chi connectivity index (χ0) is 21.5. The summed E-state index contributed by atoms with van der Waals surface area (Å²) in [5.41, 5.74) is 2.30. The number of hydrazine groups is 1. The highest BCUT2D eigenvalue weighted by molar-refractivity contribution is 6.30. The Morgan fingerprint density at radius 3 is 2.50 bits per heavy atom. The second kappa shape index (κ2) is 7.56. The van der Waals surface area contributed by atoms with Gasteiger partial charge in [0.2, 0.25) is 0 Å². The lowest BCUT2D eigenvalue weighted by molar-refractivity contribution is 0.283. The van der Waals surface area contributed by atoms with Crippen molar-refractivity contribution in [2.75, 3.05) is 6.54 Å². The third-order valence-electron chi connectivity index (χ3n) is 6.43. The molecule has 7 nitrogen and oxygen atoms in total. The van der Waals surface area contributed by atoms with Crippen molar-refractivity contribution in [1.82, 2.24) is 19.6 Å². The Bertz CT molecular complexity index is 1080. The summed E-state index contributed by atoms with van der Waals surface area (Å²) in [6.45, 7) is 6.66. The van der Waals surface area contributed by atoms with Crippen molar-refractivity contribution < 1.29 is 0 Å². The average molecular weight is 426 g/mol. The lowest BCUT2D eigenvalue weighted by Gasteiger charge is -2.41. The van der Waals surface area contributed by atoms with E-state index in [4.69, 9.17) is 23.3 Å². The number of rotatable bonds is 5. The van der Waals surface area contributed by atoms with E-state index >= 15 is 0 Å². The topological polar surface area (TPSA) is 97.8 Å². The summed E-state index contributed by atoms with van der Waals surface area (Å²) in [5.74, 6) is 13.4. The Hall–Kier alpha value is -2.64. The number of nitrogens with two attached hydrogens (primary N) is 2. The Labute approximate surface area is 181 Å². The number of benzene rings is 1. The fourth-order valence-corrected chi connectivity index (χ4v) is 4.66. The van der Waals surface area contributed by atoms with Gasteiger partial charge in [-0.25, -0.2) is 5.84 Å². The first-order valence-corrected chi connectivity index (χ1v) is 10.6. The van der Waals surface area contributed by atoms with Gasteiger partial charge in [0.25, 0.3) is 0 Å². The lowest BCUT2D eigenvalue weighted by Crippen LogP contribution is -2.48. The molecule has 4 N–H and O–H groups in total. The molecule has 2 aromatic heterocycles. The normalized spacial score (nSPS) is 16.5. The van der Waals surface area contributed by atoms with Crippen molar-refractivity contribution in [3.63, 3.8) is 0 Å². The van der Waals surface area contributed by atoms with Gasteiger partial charge in [-0.2, -0.15) is 5.10 Å². The molecule has 0 bridgehead atoms. The third kappa shape index (κ3) is 3.04. The SMILES string of the molecule is CCN(N)/C(=N\N)C(C)(C)c1cccn2c(C3(c4ccc(Cl)cc4)CCC3)nnc12. The van der Waals surface area contributed by atoms with Crippen LogP contribution in [0, 0.1) is 0 Å². The van der Waals surface area contributed by atoms with E-state index in [-0.39, 0.29) is 5.41 Å². The largest absolute Gasteiger partial charge is 0.322 e. The van der Waals surface area contributed by atoms with Crippen LogP contribution < -0.4 is 11.7 Å². The standard InChI is InChI=1S/C22H28ClN7/c1-4-30(25)19(26-24)21(2,3)17-7-5-14-29-18(17)27-28-20(29)22(12-6-13-22)15-8-10-16(23)11-9-15/h5,7-11,14H,4,6,12-13,24-25H2,1-3H3/b26-19-. The van der Waals surface area contributed by atoms with E-state index in [1.807, 2.05) is 37.4 Å². The Morgan fingerprint density at radius 1 is 1.23 bits per heavy atom. The second-order valence-electron chi connectivity index (χ2n) is 8.45. The van der Waals surface area contributed by atoms with Crippen molar-refractivity contribution in [2.24, 2.45) is 16.8 Å². The minimum atomic E-state index is -0.542. The molecule has 0 amide bonds. The average Bonchev–Trinajstić information content (AvgIpc) is 3.13. The van der Waals surface area contributed by atoms with Crippen LogP contribution >= 0.6 is 11.6 Å². The predicted molar refractivity (Wildman–Crippen MR) is 120 cm³/mol. The molecule has 158 valence electrons. The fraction of sp³-hybridized carbons (Fsp3) is 0.409. The Morgan fingerprint density at radius 2 is 1.93 bits per heavy atom. The van der Waals surface area contributed by atoms with Crippen LogP contribution in [0.5, 0.6) is 0 Å². The third-order valence-corrected chi connectivity index (χ3v) is 6.69. The minimum absolute atomic E-state index is 0.152. The number of amidine groups is 1. The number of hydrazone groups is 1. The minimum Gasteiger partial charge on any atom is -0.322 e. The molecule has 0 atom stereocenters. The summed E-state index contributed by atoms with van der Waals surface area (Å²) >= 11 is 6.13. The van der Waals surface area contributed by atoms with Gasteiger partial charge in [-0.05, 0) is 57.4 Å². The van der Waals surface area contributed by atoms with Gasteiger partial charge in [-0.15, -0.1) is 10.2 Å². The fourth-order valence-electron chi connectivity index (χ4n) is 4.54. The number of pyridine rings is 1. The molecule has 3 aromatic rings. The molecule has 1 fully saturated rings. The molecule has 0 saturated heterocycles. The molecular formula is C22H28ClN7. The van der Waals surface area contributed by atoms with Crippen molar-refractivity contribution in [3.8, 4) is 0 Å². The molecule has 1 aliphatic rings. The molecule has 30 heavy (non-hydrogen) atoms. The van der Waals surface area contributed by atoms with Crippen molar-refractivity contribution >= 4 is 23.1 Å². The Balaban J connectivity index is 1.86. The van der Waals surface area contributed by atoms with E-state index in [1.165, 1.54) is 5.56 Å². The monoisotopic (exact) mass is 425 g/mol. The van der Waals surface area contributed by atoms with E-state index in [0.717, 1.165) is 41.3 Å². The summed E-state index contributed by atoms with van der Waals surface area (Å²) < 4.78 is 2.10. The van der Waals surface area contributed by atoms with E-state index in [1.54, 1.807) is 5.01 Å². The zero-order valence-electron chi connectivity index (χ0n) is 17.6. The first kappa shape index (κ1) is 20.6. The van der Waals surface area contributed by atoms with Crippen LogP contribution in [0.4, 0.5) is 0 Å². The summed E-state index contributed by atoms with van der Waals surface area (Å²) in [6, 6.07) is 12.1. The van der Waals surface area contributed by atoms with Gasteiger partial charge in [0.1, 0.15) is 11.7 Å². The van der Waals surface area contributed by atoms with Gasteiger partial charge < -0.3 is 5.84 Å². The molecule has 1 aliphatic carbocycles. The van der Waals surface area contributed by atoms with E-state index in [2.05, 4.69) is 45.7 Å². The first-order valence-electron chi connectivity index (χ1n) is 10.3. The van der Waals surface area contributed by atoms with Crippen LogP contribution in [0.3, 0.4) is 0 Å². The Kier molecular flexibility index (Phi) is 5.20. The maximum atomic E-state index is 6.16. The van der Waals surface area contributed by atoms with Gasteiger partial charge in [-0.1, -0.05) is 36.2 Å². The first-order chi connectivity index (χ1) is 14.3. The summed E-state index contributed by atoms with van der Waals surface area (Å²) in [5, 5.41) is 15.6. The quantitative estimate of drug-likeness (QED) is 0.281. The van der Waals surface area contributed by atoms with Crippen LogP contribution in [0.25, 0.3) is 5.65 Å². The van der Waals surface area contributed by atoms with E-state index < -0.39 is 5.41 Å². The lowest BCUT2D eigenvalue weighted by atomic mass is 9.64. The molecule has 1 aromatic carbocycles. The number of hydrogen-bond donors (Lipinski definition) is 2. The van der Waals surface area contributed by atoms with Crippen LogP contribution in [0.2, 0.25) is 5.02 Å². The highest BCUT2D eigenvalue weighted by Gasteiger charge is 2.45. The summed E-state index contributed by atoms with van der Waals surface area (Å²) in [6.07, 6.45) is 5.25. The molecule has 4 rings (SSSR count). The molecule has 0 aliphatic heterocycles. The number of nitrogens with zero attached hydrogens (tertiary/aromatic N) is 5. The van der Waals surface area contributed by atoms with Crippen molar-refractivity contribution in [2.45, 2.75) is 50.9 Å². The molecule has 2 heterocycles. The highest BCUT2D eigenvalue weighted by atomic mass is 35.5. The molecule has 8 heteroatoms. The molecule has 1 saturated carbocycles. The number of likely N-dealkylation sites (N-methyl/N-ethyl adjacent to an activating group) is 1. The zero-order valence-corrected chi connectivity index (χ0v) is 18.4. The highest BCUT2D eigenvalue weighted by Crippen LogP contribution is 2.48. The van der Waals surface area contributed by atoms with E-state index in [0.29, 0.717) is 12.4 Å². The van der Waals surface area contributed by atoms with Gasteiger partial charge in [0.15, 0.2) is 5.65 Å². The molecule has 0 unspecified atom stereocenters. The van der Waals surface area contributed by atoms with Gasteiger partial charge in [-0.3, -0.25) is 9.41 Å².